The van der Waals surface area contributed by atoms with Crippen molar-refractivity contribution in [3.63, 3.8) is 0 Å². The Hall–Kier alpha value is -17.4. The molecule has 0 spiro atoms. The van der Waals surface area contributed by atoms with Crippen LogP contribution in [0, 0.1) is 0 Å². The van der Waals surface area contributed by atoms with Gasteiger partial charge in [0.25, 0.3) is 0 Å². The molecule has 0 aliphatic carbocycles. The maximum Gasteiger partial charge on any atom is 0.244 e. The van der Waals surface area contributed by atoms with Crippen molar-refractivity contribution >= 4 is 236 Å². The highest BCUT2D eigenvalue weighted by Crippen LogP contribution is 2.48. The van der Waals surface area contributed by atoms with Gasteiger partial charge in [0.15, 0.2) is 0 Å². The molecule has 9 heterocycles. The van der Waals surface area contributed by atoms with E-state index in [2.05, 4.69) is 563 Å². The third-order valence-electron chi connectivity index (χ3n) is 31.4. The van der Waals surface area contributed by atoms with Gasteiger partial charge in [-0.15, -0.1) is 0 Å². The Labute approximate surface area is 852 Å². The fourth-order valence-corrected chi connectivity index (χ4v) is 29.0. The lowest BCUT2D eigenvalue weighted by Crippen LogP contribution is -2.64. The van der Waals surface area contributed by atoms with Crippen LogP contribution in [-0.2, 0) is 5.41 Å². The standard InChI is InChI=1S/C48H32BN2P.C45H33BN2.C42H27BN2S/c1-4-16-33(17-5-1)49-41-24-12-15-27-47(41)52(36-20-8-3-9-21-36)48-30-35(28-29-42(48)49)51-44-26-14-11-23-38(44)40-31-45-39(32-46(40)51)37-22-10-13-25-43(37)50(45)34-18-6-2-7-19-34;1-45(2)36-21-11-12-22-38(36)46(30-15-5-3-6-16-30)39-27-25-32(29-37(39)45)48-40-23-13-9-19-33(40)34-26-28-42-43(44(34)48)35-20-10-14-24-41(35)47(42)31-17-7-4-8-18-31;1-3-13-28(14-4-1)43-35-19-9-12-22-41(35)46-42-25-30(23-24-36(42)43)45-38-21-11-8-18-32(38)34-26-33-31-17-7-10-20-37(31)44(39(33)27-40(34)45)29-15-5-2-6-16-29/h1-32H;3-29H,1-2H3;1-27H. The number of rotatable bonds is 10. The predicted molar refractivity (Wildman–Crippen MR) is 626 cm³/mol. The molecule has 31 rings (SSSR count). The first-order valence-electron chi connectivity index (χ1n) is 50.7. The molecule has 6 nitrogen and oxygen atoms in total. The monoisotopic (exact) mass is 1890 g/mol. The summed E-state index contributed by atoms with van der Waals surface area (Å²) in [4.78, 5) is 2.65. The lowest BCUT2D eigenvalue weighted by Gasteiger charge is -2.39. The van der Waals surface area contributed by atoms with Crippen molar-refractivity contribution in [1.82, 2.24) is 27.4 Å². The minimum atomic E-state index is -0.785. The van der Waals surface area contributed by atoms with E-state index in [0.717, 1.165) is 0 Å². The lowest BCUT2D eigenvalue weighted by atomic mass is 9.31. The molecule has 0 amide bonds. The molecule has 3 aliphatic rings. The van der Waals surface area contributed by atoms with E-state index in [0.29, 0.717) is 0 Å². The van der Waals surface area contributed by atoms with Gasteiger partial charge in [-0.3, -0.25) is 0 Å². The summed E-state index contributed by atoms with van der Waals surface area (Å²) >= 11 is 1.89. The highest BCUT2D eigenvalue weighted by Gasteiger charge is 2.42. The van der Waals surface area contributed by atoms with Crippen molar-refractivity contribution in [3.8, 4) is 34.1 Å². The summed E-state index contributed by atoms with van der Waals surface area (Å²) in [5, 5.41) is 19.5. The van der Waals surface area contributed by atoms with E-state index in [4.69, 9.17) is 0 Å². The topological polar surface area (TPSA) is 29.6 Å². The third-order valence-corrected chi connectivity index (χ3v) is 35.1. The van der Waals surface area contributed by atoms with Crippen LogP contribution in [0.2, 0.25) is 0 Å². The Bertz CT molecular complexity index is 10100. The van der Waals surface area contributed by atoms with Crippen molar-refractivity contribution in [2.75, 3.05) is 0 Å². The molecule has 22 aromatic carbocycles. The lowest BCUT2D eigenvalue weighted by molar-refractivity contribution is 0.645. The van der Waals surface area contributed by atoms with Crippen LogP contribution in [0.1, 0.15) is 25.0 Å². The fourth-order valence-electron chi connectivity index (χ4n) is 25.2. The Balaban J connectivity index is 0.000000104. The number of nitrogens with zero attached hydrogens (tertiary/aromatic N) is 6. The molecule has 28 aromatic rings. The van der Waals surface area contributed by atoms with Gasteiger partial charge in [0.1, 0.15) is 0 Å². The number of fused-ring (bicyclic) bond motifs is 25. The maximum atomic E-state index is 2.53. The fraction of sp³-hybridized carbons (Fsp3) is 0.0222. The maximum absolute atomic E-state index is 2.53. The van der Waals surface area contributed by atoms with Crippen LogP contribution in [0.3, 0.4) is 0 Å². The van der Waals surface area contributed by atoms with Crippen LogP contribution in [0.5, 0.6) is 0 Å². The number of aromatic nitrogens is 6. The smallest absolute Gasteiger partial charge is 0.244 e. The van der Waals surface area contributed by atoms with Gasteiger partial charge in [0.2, 0.25) is 20.1 Å². The summed E-state index contributed by atoms with van der Waals surface area (Å²) in [6, 6.07) is 193. The van der Waals surface area contributed by atoms with Crippen LogP contribution < -0.4 is 65.1 Å². The average molecular weight is 1890 g/mol. The van der Waals surface area contributed by atoms with E-state index in [-0.39, 0.29) is 25.6 Å². The van der Waals surface area contributed by atoms with Crippen molar-refractivity contribution in [2.45, 2.75) is 29.1 Å². The van der Waals surface area contributed by atoms with Gasteiger partial charge in [-0.25, -0.2) is 0 Å². The van der Waals surface area contributed by atoms with Gasteiger partial charge in [-0.1, -0.05) is 451 Å². The molecule has 0 N–H and O–H groups in total. The van der Waals surface area contributed by atoms with Crippen molar-refractivity contribution in [1.29, 1.82) is 0 Å². The second-order valence-electron chi connectivity index (χ2n) is 39.6. The molecule has 6 aromatic heterocycles. The largest absolute Gasteiger partial charge is 0.309 e. The third kappa shape index (κ3) is 13.4. The number of para-hydroxylation sites is 9. The van der Waals surface area contributed by atoms with E-state index in [9.17, 15) is 0 Å². The molecular weight excluding hydrogens is 1800 g/mol. The Morgan fingerprint density at radius 2 is 0.527 bits per heavy atom. The Morgan fingerprint density at radius 3 is 1.05 bits per heavy atom. The SMILES string of the molecule is CC1(C)c2ccccc2B(c2ccccc2)c2ccc(-n3c4ccccc4c4ccc5c(c6ccccc6n5-c5ccccc5)c43)cc21.c1ccc(B2c3ccccc3P(c3ccccc3)c3cc(-n4c5ccccc5c5cc6c(cc54)c4ccccc4n6-c4ccccc4)ccc32)cc1.c1ccc(B2c3ccccc3Sc3cc(-n4c5ccccc5c5cc6c7ccccc7n(-c7ccccc7)c6cc54)ccc32)cc1. The number of hydrogen-bond donors (Lipinski definition) is 0. The quantitative estimate of drug-likeness (QED) is 0.0991. The number of hydrogen-bond acceptors (Lipinski definition) is 1. The van der Waals surface area contributed by atoms with Gasteiger partial charge in [-0.05, 0) is 181 Å². The normalized spacial score (nSPS) is 13.5. The minimum absolute atomic E-state index is 0.162. The van der Waals surface area contributed by atoms with E-state index in [1.165, 1.54) is 251 Å². The Morgan fingerprint density at radius 1 is 0.192 bits per heavy atom. The molecule has 0 saturated heterocycles. The Kier molecular flexibility index (Phi) is 20.2. The van der Waals surface area contributed by atoms with Gasteiger partial charge in [-0.2, -0.15) is 0 Å². The molecular formula is C135H92B3N6PS. The van der Waals surface area contributed by atoms with E-state index in [1.807, 2.05) is 11.8 Å². The second kappa shape index (κ2) is 34.5. The molecule has 682 valence electrons. The van der Waals surface area contributed by atoms with Crippen molar-refractivity contribution in [2.24, 2.45) is 0 Å². The minimum Gasteiger partial charge on any atom is -0.309 e. The zero-order valence-electron chi connectivity index (χ0n) is 80.4. The molecule has 0 fully saturated rings. The van der Waals surface area contributed by atoms with Gasteiger partial charge >= 0.3 is 0 Å². The summed E-state index contributed by atoms with van der Waals surface area (Å²) in [6.07, 6.45) is 0. The molecule has 0 radical (unpaired) electrons. The molecule has 11 heteroatoms. The summed E-state index contributed by atoms with van der Waals surface area (Å²) in [7, 11) is -0.785. The molecule has 146 heavy (non-hydrogen) atoms. The van der Waals surface area contributed by atoms with Crippen LogP contribution >= 0.6 is 19.7 Å². The molecule has 0 bridgehead atoms. The molecule has 0 saturated carbocycles. The van der Waals surface area contributed by atoms with E-state index in [1.54, 1.807) is 0 Å². The van der Waals surface area contributed by atoms with Crippen LogP contribution in [-0.4, -0.2) is 47.5 Å². The van der Waals surface area contributed by atoms with Gasteiger partial charge < -0.3 is 27.4 Å². The van der Waals surface area contributed by atoms with Crippen molar-refractivity contribution in [3.05, 3.63) is 533 Å². The second-order valence-corrected chi connectivity index (χ2v) is 42.8. The first-order chi connectivity index (χ1) is 72.3. The summed E-state index contributed by atoms with van der Waals surface area (Å²) in [5.74, 6) is 0. The van der Waals surface area contributed by atoms with E-state index >= 15 is 0 Å². The van der Waals surface area contributed by atoms with Gasteiger partial charge in [0, 0.05) is 114 Å². The summed E-state index contributed by atoms with van der Waals surface area (Å²) < 4.78 is 14.8. The summed E-state index contributed by atoms with van der Waals surface area (Å²) in [6.45, 7) is 5.36. The van der Waals surface area contributed by atoms with E-state index < -0.39 is 7.92 Å². The van der Waals surface area contributed by atoms with Crippen LogP contribution in [0.15, 0.2) is 531 Å². The molecule has 1 unspecified atom stereocenters. The first kappa shape index (κ1) is 85.4. The van der Waals surface area contributed by atoms with Gasteiger partial charge in [0.05, 0.1) is 66.2 Å². The predicted octanol–water partition coefficient (Wildman–Crippen LogP) is 26.4. The highest BCUT2D eigenvalue weighted by molar-refractivity contribution is 8.00. The average Bonchev–Trinajstić information content (AvgIpc) is 1.66. The zero-order valence-corrected chi connectivity index (χ0v) is 82.1. The number of benzene rings is 22. The van der Waals surface area contributed by atoms with Crippen LogP contribution in [0.25, 0.3) is 165 Å². The zero-order chi connectivity index (χ0) is 96.3. The summed E-state index contributed by atoms with van der Waals surface area (Å²) in [5.41, 5.74) is 36.8. The molecule has 3 aliphatic heterocycles. The van der Waals surface area contributed by atoms with Crippen molar-refractivity contribution < 1.29 is 0 Å². The molecule has 1 atom stereocenters. The van der Waals surface area contributed by atoms with Crippen LogP contribution in [0.4, 0.5) is 0 Å². The highest BCUT2D eigenvalue weighted by atomic mass is 32.2. The first-order valence-corrected chi connectivity index (χ1v) is 52.9.